The van der Waals surface area contributed by atoms with Gasteiger partial charge in [0.25, 0.3) is 0 Å². The van der Waals surface area contributed by atoms with Gasteiger partial charge in [-0.2, -0.15) is 0 Å². The molecular weight excluding hydrogens is 234 g/mol. The van der Waals surface area contributed by atoms with Crippen LogP contribution in [0.3, 0.4) is 0 Å². The minimum atomic E-state index is -0.985. The van der Waals surface area contributed by atoms with E-state index < -0.39 is 5.97 Å². The second kappa shape index (κ2) is 5.27. The molecule has 1 heterocycles. The van der Waals surface area contributed by atoms with Gasteiger partial charge in [0.15, 0.2) is 0 Å². The first-order valence-electron chi connectivity index (χ1n) is 5.87. The van der Waals surface area contributed by atoms with Gasteiger partial charge in [-0.3, -0.25) is 0 Å². The van der Waals surface area contributed by atoms with E-state index in [1.807, 2.05) is 0 Å². The standard InChI is InChI=1S/C13H17NO4/c1-17-11-6-12(18-2)10(13(15)16)5-9(11)8-3-4-14-7-8/h5-6,8,14H,3-4,7H2,1-2H3,(H,15,16). The van der Waals surface area contributed by atoms with E-state index in [0.717, 1.165) is 25.1 Å². The second-order valence-electron chi connectivity index (χ2n) is 4.29. The van der Waals surface area contributed by atoms with Crippen LogP contribution in [-0.2, 0) is 0 Å². The molecule has 0 amide bonds. The molecule has 0 bridgehead atoms. The van der Waals surface area contributed by atoms with E-state index >= 15 is 0 Å². The van der Waals surface area contributed by atoms with E-state index in [0.29, 0.717) is 17.4 Å². The maximum Gasteiger partial charge on any atom is 0.339 e. The van der Waals surface area contributed by atoms with E-state index in [2.05, 4.69) is 5.32 Å². The molecule has 1 unspecified atom stereocenters. The molecule has 1 aromatic carbocycles. The summed E-state index contributed by atoms with van der Waals surface area (Å²) < 4.78 is 10.4. The zero-order chi connectivity index (χ0) is 13.1. The molecule has 5 heteroatoms. The molecule has 2 rings (SSSR count). The number of carboxylic acids is 1. The Labute approximate surface area is 106 Å². The van der Waals surface area contributed by atoms with Crippen molar-refractivity contribution in [2.45, 2.75) is 12.3 Å². The molecule has 2 N–H and O–H groups in total. The molecule has 0 spiro atoms. The fraction of sp³-hybridized carbons (Fsp3) is 0.462. The van der Waals surface area contributed by atoms with Gasteiger partial charge >= 0.3 is 5.97 Å². The molecule has 1 aromatic rings. The van der Waals surface area contributed by atoms with Crippen LogP contribution in [0.25, 0.3) is 0 Å². The van der Waals surface area contributed by atoms with Crippen molar-refractivity contribution in [3.05, 3.63) is 23.3 Å². The Kier molecular flexibility index (Phi) is 3.72. The molecule has 5 nitrogen and oxygen atoms in total. The van der Waals surface area contributed by atoms with Crippen LogP contribution in [-0.4, -0.2) is 38.4 Å². The Morgan fingerprint density at radius 3 is 2.56 bits per heavy atom. The zero-order valence-electron chi connectivity index (χ0n) is 10.5. The molecule has 1 aliphatic heterocycles. The Morgan fingerprint density at radius 2 is 2.06 bits per heavy atom. The first-order valence-corrected chi connectivity index (χ1v) is 5.87. The average molecular weight is 251 g/mol. The van der Waals surface area contributed by atoms with Gasteiger partial charge in [0.2, 0.25) is 0 Å². The first kappa shape index (κ1) is 12.7. The highest BCUT2D eigenvalue weighted by Crippen LogP contribution is 2.36. The molecule has 0 radical (unpaired) electrons. The number of carboxylic acid groups (broad SMARTS) is 1. The molecule has 0 aliphatic carbocycles. The molecule has 1 atom stereocenters. The third-order valence-corrected chi connectivity index (χ3v) is 3.28. The van der Waals surface area contributed by atoms with Crippen LogP contribution < -0.4 is 14.8 Å². The summed E-state index contributed by atoms with van der Waals surface area (Å²) in [5.74, 6) is 0.324. The third kappa shape index (κ3) is 2.26. The van der Waals surface area contributed by atoms with Crippen molar-refractivity contribution in [1.82, 2.24) is 5.32 Å². The zero-order valence-corrected chi connectivity index (χ0v) is 10.5. The molecule has 0 aromatic heterocycles. The van der Waals surface area contributed by atoms with E-state index in [4.69, 9.17) is 9.47 Å². The van der Waals surface area contributed by atoms with Crippen molar-refractivity contribution < 1.29 is 19.4 Å². The SMILES string of the molecule is COc1cc(OC)c(C2CCNC2)cc1C(=O)O. The summed E-state index contributed by atoms with van der Waals surface area (Å²) in [7, 11) is 3.04. The number of aromatic carboxylic acids is 1. The number of benzene rings is 1. The Bertz CT molecular complexity index is 453. The van der Waals surface area contributed by atoms with Gasteiger partial charge in [-0.05, 0) is 24.6 Å². The van der Waals surface area contributed by atoms with Gasteiger partial charge in [0.05, 0.1) is 14.2 Å². The van der Waals surface area contributed by atoms with Gasteiger partial charge < -0.3 is 19.9 Å². The smallest absolute Gasteiger partial charge is 0.339 e. The normalized spacial score (nSPS) is 18.7. The van der Waals surface area contributed by atoms with Crippen LogP contribution in [0.2, 0.25) is 0 Å². The minimum Gasteiger partial charge on any atom is -0.496 e. The summed E-state index contributed by atoms with van der Waals surface area (Å²) in [5, 5.41) is 12.5. The minimum absolute atomic E-state index is 0.181. The summed E-state index contributed by atoms with van der Waals surface area (Å²) >= 11 is 0. The van der Waals surface area contributed by atoms with Crippen LogP contribution in [0.15, 0.2) is 12.1 Å². The van der Waals surface area contributed by atoms with E-state index in [1.165, 1.54) is 7.11 Å². The number of nitrogens with one attached hydrogen (secondary N) is 1. The maximum atomic E-state index is 11.2. The van der Waals surface area contributed by atoms with E-state index in [9.17, 15) is 9.90 Å². The lowest BCUT2D eigenvalue weighted by atomic mass is 9.95. The molecular formula is C13H17NO4. The number of carbonyl (C=O) groups is 1. The maximum absolute atomic E-state index is 11.2. The van der Waals surface area contributed by atoms with E-state index in [-0.39, 0.29) is 5.56 Å². The first-order chi connectivity index (χ1) is 8.67. The number of hydrogen-bond donors (Lipinski definition) is 2. The van der Waals surface area contributed by atoms with Gasteiger partial charge in [0, 0.05) is 18.5 Å². The van der Waals surface area contributed by atoms with Crippen molar-refractivity contribution in [1.29, 1.82) is 0 Å². The molecule has 18 heavy (non-hydrogen) atoms. The molecule has 0 saturated carbocycles. The van der Waals surface area contributed by atoms with Crippen LogP contribution in [0.5, 0.6) is 11.5 Å². The van der Waals surface area contributed by atoms with Gasteiger partial charge in [0.1, 0.15) is 17.1 Å². The molecule has 98 valence electrons. The fourth-order valence-corrected chi connectivity index (χ4v) is 2.33. The monoisotopic (exact) mass is 251 g/mol. The Hall–Kier alpha value is -1.75. The quantitative estimate of drug-likeness (QED) is 0.848. The summed E-state index contributed by atoms with van der Waals surface area (Å²) in [6.45, 7) is 1.80. The van der Waals surface area contributed by atoms with Crippen molar-refractivity contribution in [3.63, 3.8) is 0 Å². The Balaban J connectivity index is 2.49. The average Bonchev–Trinajstić information content (AvgIpc) is 2.90. The predicted molar refractivity (Wildman–Crippen MR) is 66.7 cm³/mol. The van der Waals surface area contributed by atoms with Crippen LogP contribution in [0.1, 0.15) is 28.3 Å². The summed E-state index contributed by atoms with van der Waals surface area (Å²) in [4.78, 5) is 11.2. The Morgan fingerprint density at radius 1 is 1.33 bits per heavy atom. The van der Waals surface area contributed by atoms with Gasteiger partial charge in [-0.1, -0.05) is 0 Å². The van der Waals surface area contributed by atoms with Crippen LogP contribution in [0, 0.1) is 0 Å². The summed E-state index contributed by atoms with van der Waals surface area (Å²) in [6, 6.07) is 3.31. The highest BCUT2D eigenvalue weighted by molar-refractivity contribution is 5.91. The van der Waals surface area contributed by atoms with E-state index in [1.54, 1.807) is 19.2 Å². The van der Waals surface area contributed by atoms with Crippen LogP contribution >= 0.6 is 0 Å². The number of methoxy groups -OCH3 is 2. The summed E-state index contributed by atoms with van der Waals surface area (Å²) in [5.41, 5.74) is 1.11. The summed E-state index contributed by atoms with van der Waals surface area (Å²) in [6.07, 6.45) is 0.988. The fourth-order valence-electron chi connectivity index (χ4n) is 2.33. The highest BCUT2D eigenvalue weighted by atomic mass is 16.5. The number of ether oxygens (including phenoxy) is 2. The second-order valence-corrected chi connectivity index (χ2v) is 4.29. The lowest BCUT2D eigenvalue weighted by Gasteiger charge is -2.16. The predicted octanol–water partition coefficient (Wildman–Crippen LogP) is 1.48. The largest absolute Gasteiger partial charge is 0.496 e. The van der Waals surface area contributed by atoms with Crippen molar-refractivity contribution in [3.8, 4) is 11.5 Å². The molecule has 1 saturated heterocycles. The lowest BCUT2D eigenvalue weighted by Crippen LogP contribution is -2.10. The van der Waals surface area contributed by atoms with Crippen molar-refractivity contribution >= 4 is 5.97 Å². The van der Waals surface area contributed by atoms with Crippen molar-refractivity contribution in [2.24, 2.45) is 0 Å². The topological polar surface area (TPSA) is 67.8 Å². The number of rotatable bonds is 4. The molecule has 1 fully saturated rings. The van der Waals surface area contributed by atoms with Crippen LogP contribution in [0.4, 0.5) is 0 Å². The van der Waals surface area contributed by atoms with Crippen molar-refractivity contribution in [2.75, 3.05) is 27.3 Å². The third-order valence-electron chi connectivity index (χ3n) is 3.28. The highest BCUT2D eigenvalue weighted by Gasteiger charge is 2.24. The lowest BCUT2D eigenvalue weighted by molar-refractivity contribution is 0.0693. The number of hydrogen-bond acceptors (Lipinski definition) is 4. The van der Waals surface area contributed by atoms with Gasteiger partial charge in [-0.25, -0.2) is 4.79 Å². The van der Waals surface area contributed by atoms with Gasteiger partial charge in [-0.15, -0.1) is 0 Å². The molecule has 1 aliphatic rings.